The number of carbonyl (C=O) groups excluding carboxylic acids is 2. The number of para-hydroxylation sites is 3. The molecule has 2 fully saturated rings. The molecule has 5 atom stereocenters. The van der Waals surface area contributed by atoms with Gasteiger partial charge in [-0.2, -0.15) is 0 Å². The van der Waals surface area contributed by atoms with E-state index in [1.807, 2.05) is 71.6 Å². The molecule has 1 N–H and O–H groups in total. The standard InChI is InChI=1S/C42H48N2O6Si/c1-28-36(49-39(26-40(46)43-25-9-10-31(43)27-45)41(28)51(3,4)33-22-20-32(48-2)21-23-33)24-17-29-15-18-30(19-16-29)44-35-12-6-8-14-38(35)50-37-13-7-5-11-34(37)42(44)47/h5-8,11-16,18-23,28,31,36,39,41,45H,9-10,17,24-27H2,1-4H3/t28-,31+,36+,39-,41+/m1/s1. The zero-order valence-electron chi connectivity index (χ0n) is 30.0. The molecule has 3 heterocycles. The van der Waals surface area contributed by atoms with Crippen LogP contribution in [0.25, 0.3) is 0 Å². The summed E-state index contributed by atoms with van der Waals surface area (Å²) >= 11 is 0. The highest BCUT2D eigenvalue weighted by atomic mass is 28.3. The lowest BCUT2D eigenvalue weighted by molar-refractivity contribution is -0.135. The third-order valence-corrected chi connectivity index (χ3v) is 15.8. The number of methoxy groups -OCH3 is 1. The second kappa shape index (κ2) is 14.7. The molecule has 4 aromatic carbocycles. The minimum Gasteiger partial charge on any atom is -0.497 e. The van der Waals surface area contributed by atoms with E-state index in [4.69, 9.17) is 14.2 Å². The van der Waals surface area contributed by atoms with Crippen molar-refractivity contribution >= 4 is 36.4 Å². The number of rotatable bonds is 10. The van der Waals surface area contributed by atoms with Gasteiger partial charge in [0.15, 0.2) is 5.75 Å². The van der Waals surface area contributed by atoms with Crippen LogP contribution < -0.4 is 19.6 Å². The van der Waals surface area contributed by atoms with Crippen molar-refractivity contribution in [2.75, 3.05) is 25.2 Å². The average molecular weight is 705 g/mol. The van der Waals surface area contributed by atoms with Gasteiger partial charge < -0.3 is 24.2 Å². The van der Waals surface area contributed by atoms with E-state index in [0.29, 0.717) is 35.7 Å². The Morgan fingerprint density at radius 1 is 0.922 bits per heavy atom. The molecular formula is C42H48N2O6Si. The van der Waals surface area contributed by atoms with Gasteiger partial charge in [-0.1, -0.05) is 73.7 Å². The molecule has 0 radical (unpaired) electrons. The second-order valence-electron chi connectivity index (χ2n) is 14.7. The predicted molar refractivity (Wildman–Crippen MR) is 202 cm³/mol. The van der Waals surface area contributed by atoms with Gasteiger partial charge in [0, 0.05) is 12.2 Å². The molecule has 0 saturated carbocycles. The number of hydrogen-bond donors (Lipinski definition) is 1. The van der Waals surface area contributed by atoms with Crippen LogP contribution in [-0.2, 0) is 16.0 Å². The molecule has 0 aliphatic carbocycles. The fraction of sp³-hybridized carbons (Fsp3) is 0.381. The molecule has 2 amide bonds. The molecular weight excluding hydrogens is 657 g/mol. The van der Waals surface area contributed by atoms with Crippen LogP contribution >= 0.6 is 0 Å². The Balaban J connectivity index is 1.10. The smallest absolute Gasteiger partial charge is 0.266 e. The zero-order valence-corrected chi connectivity index (χ0v) is 31.0. The van der Waals surface area contributed by atoms with Gasteiger partial charge in [-0.3, -0.25) is 14.5 Å². The van der Waals surface area contributed by atoms with Gasteiger partial charge in [0.1, 0.15) is 11.5 Å². The maximum absolute atomic E-state index is 13.9. The highest BCUT2D eigenvalue weighted by molar-refractivity contribution is 6.91. The topological polar surface area (TPSA) is 88.5 Å². The van der Waals surface area contributed by atoms with Crippen LogP contribution in [0.4, 0.5) is 11.4 Å². The lowest BCUT2D eigenvalue weighted by Gasteiger charge is -2.36. The number of fused-ring (bicyclic) bond motifs is 2. The number of benzene rings is 4. The van der Waals surface area contributed by atoms with Gasteiger partial charge in [0.2, 0.25) is 5.91 Å². The van der Waals surface area contributed by atoms with E-state index in [1.165, 1.54) is 5.19 Å². The fourth-order valence-corrected chi connectivity index (χ4v) is 12.7. The van der Waals surface area contributed by atoms with Crippen LogP contribution in [0.5, 0.6) is 17.2 Å². The highest BCUT2D eigenvalue weighted by Crippen LogP contribution is 2.47. The number of likely N-dealkylation sites (tertiary alicyclic amines) is 1. The quantitative estimate of drug-likeness (QED) is 0.172. The Hall–Kier alpha value is -4.44. The number of anilines is 2. The molecule has 8 nitrogen and oxygen atoms in total. The number of aryl methyl sites for hydroxylation is 1. The fourth-order valence-electron chi connectivity index (χ4n) is 8.67. The molecule has 3 aliphatic heterocycles. The molecule has 0 aromatic heterocycles. The van der Waals surface area contributed by atoms with Crippen LogP contribution in [0.15, 0.2) is 97.1 Å². The maximum Gasteiger partial charge on any atom is 0.266 e. The lowest BCUT2D eigenvalue weighted by Crippen LogP contribution is -2.51. The predicted octanol–water partition coefficient (Wildman–Crippen LogP) is 7.47. The lowest BCUT2D eigenvalue weighted by atomic mass is 9.95. The van der Waals surface area contributed by atoms with Crippen molar-refractivity contribution in [1.82, 2.24) is 4.90 Å². The normalized spacial score (nSPS) is 23.0. The van der Waals surface area contributed by atoms with Gasteiger partial charge in [-0.25, -0.2) is 0 Å². The number of hydrogen-bond acceptors (Lipinski definition) is 6. The summed E-state index contributed by atoms with van der Waals surface area (Å²) in [5.41, 5.74) is 3.39. The number of ether oxygens (including phenoxy) is 3. The molecule has 0 unspecified atom stereocenters. The van der Waals surface area contributed by atoms with E-state index in [-0.39, 0.29) is 48.1 Å². The number of amides is 2. The third-order valence-electron chi connectivity index (χ3n) is 11.4. The minimum absolute atomic E-state index is 0.00238. The van der Waals surface area contributed by atoms with E-state index in [0.717, 1.165) is 42.7 Å². The Labute approximate surface area is 302 Å². The average Bonchev–Trinajstić information content (AvgIpc) is 3.73. The van der Waals surface area contributed by atoms with E-state index < -0.39 is 8.07 Å². The zero-order chi connectivity index (χ0) is 35.7. The molecule has 0 spiro atoms. The first-order valence-electron chi connectivity index (χ1n) is 18.2. The van der Waals surface area contributed by atoms with Gasteiger partial charge in [0.25, 0.3) is 5.91 Å². The summed E-state index contributed by atoms with van der Waals surface area (Å²) < 4.78 is 18.5. The molecule has 7 rings (SSSR count). The largest absolute Gasteiger partial charge is 0.497 e. The maximum atomic E-state index is 13.9. The van der Waals surface area contributed by atoms with Crippen molar-refractivity contribution in [3.63, 3.8) is 0 Å². The van der Waals surface area contributed by atoms with Crippen LogP contribution in [0.3, 0.4) is 0 Å². The van der Waals surface area contributed by atoms with Crippen LogP contribution in [0.2, 0.25) is 18.6 Å². The van der Waals surface area contributed by atoms with Crippen molar-refractivity contribution in [3.05, 3.63) is 108 Å². The molecule has 4 aromatic rings. The van der Waals surface area contributed by atoms with Crippen molar-refractivity contribution in [2.45, 2.75) is 75.9 Å². The monoisotopic (exact) mass is 704 g/mol. The summed E-state index contributed by atoms with van der Waals surface area (Å²) in [6.45, 7) is 7.80. The molecule has 3 aliphatic rings. The Morgan fingerprint density at radius 2 is 1.63 bits per heavy atom. The van der Waals surface area contributed by atoms with E-state index in [9.17, 15) is 14.7 Å². The molecule has 266 valence electrons. The summed E-state index contributed by atoms with van der Waals surface area (Å²) in [5.74, 6) is 2.22. The van der Waals surface area contributed by atoms with Crippen molar-refractivity contribution in [1.29, 1.82) is 0 Å². The first kappa shape index (κ1) is 35.0. The Kier molecular flexibility index (Phi) is 10.1. The van der Waals surface area contributed by atoms with Crippen LogP contribution in [0.1, 0.15) is 48.5 Å². The third kappa shape index (κ3) is 6.82. The number of carbonyl (C=O) groups is 2. The summed E-state index contributed by atoms with van der Waals surface area (Å²) in [5, 5.41) is 11.3. The SMILES string of the molecule is COc1ccc([Si](C)(C)[C@H]2[C@H](C)[C@H](CCc3ccc(N4C(=O)c5ccccc5Oc5ccccc54)cc3)O[C@@H]2CC(=O)N2CCC[C@H]2CO)cc1. The molecule has 2 saturated heterocycles. The summed E-state index contributed by atoms with van der Waals surface area (Å²) in [6, 6.07) is 31.5. The molecule has 0 bridgehead atoms. The van der Waals surface area contributed by atoms with E-state index in [2.05, 4.69) is 44.3 Å². The van der Waals surface area contributed by atoms with Gasteiger partial charge in [-0.15, -0.1) is 0 Å². The summed E-state index contributed by atoms with van der Waals surface area (Å²) in [6.07, 6.45) is 3.55. The van der Waals surface area contributed by atoms with Gasteiger partial charge in [-0.05, 0) is 91.2 Å². The number of nitrogens with zero attached hydrogens (tertiary/aromatic N) is 2. The summed E-state index contributed by atoms with van der Waals surface area (Å²) in [7, 11) is -0.446. The van der Waals surface area contributed by atoms with Gasteiger partial charge >= 0.3 is 0 Å². The summed E-state index contributed by atoms with van der Waals surface area (Å²) in [4.78, 5) is 31.2. The van der Waals surface area contributed by atoms with E-state index in [1.54, 1.807) is 18.1 Å². The number of aliphatic hydroxyl groups excluding tert-OH is 1. The first-order chi connectivity index (χ1) is 24.7. The van der Waals surface area contributed by atoms with Gasteiger partial charge in [0.05, 0.1) is 57.7 Å². The van der Waals surface area contributed by atoms with Crippen molar-refractivity contribution in [3.8, 4) is 17.2 Å². The number of aliphatic hydroxyl groups is 1. The molecule has 51 heavy (non-hydrogen) atoms. The van der Waals surface area contributed by atoms with Crippen molar-refractivity contribution < 1.29 is 28.9 Å². The van der Waals surface area contributed by atoms with Crippen LogP contribution in [0, 0.1) is 5.92 Å². The van der Waals surface area contributed by atoms with E-state index >= 15 is 0 Å². The molecule has 9 heteroatoms. The second-order valence-corrected chi connectivity index (χ2v) is 19.4. The van der Waals surface area contributed by atoms with Crippen LogP contribution in [-0.4, -0.2) is 68.4 Å². The first-order valence-corrected chi connectivity index (χ1v) is 21.3. The Morgan fingerprint density at radius 3 is 2.35 bits per heavy atom. The minimum atomic E-state index is -2.13. The highest BCUT2D eigenvalue weighted by Gasteiger charge is 2.51. The van der Waals surface area contributed by atoms with Crippen molar-refractivity contribution in [2.24, 2.45) is 5.92 Å². The Bertz CT molecular complexity index is 1860.